The lowest BCUT2D eigenvalue weighted by atomic mass is 10.1. The summed E-state index contributed by atoms with van der Waals surface area (Å²) in [6.07, 6.45) is 3.74. The second-order valence-electron chi connectivity index (χ2n) is 6.77. The SMILES string of the molecule is CN=C(NCCCOCC1CC1)NCC(C)CN1CCOCC1.I. The number of ether oxygens (including phenoxy) is 2. The van der Waals surface area contributed by atoms with Gasteiger partial charge in [0.05, 0.1) is 13.2 Å². The van der Waals surface area contributed by atoms with E-state index in [-0.39, 0.29) is 24.0 Å². The maximum absolute atomic E-state index is 5.64. The maximum atomic E-state index is 5.64. The maximum Gasteiger partial charge on any atom is 0.190 e. The number of aliphatic imine (C=N–C) groups is 1. The van der Waals surface area contributed by atoms with Gasteiger partial charge >= 0.3 is 0 Å². The van der Waals surface area contributed by atoms with E-state index in [0.717, 1.165) is 77.4 Å². The molecule has 0 spiro atoms. The average Bonchev–Trinajstić information content (AvgIpc) is 3.38. The second kappa shape index (κ2) is 13.1. The molecule has 0 radical (unpaired) electrons. The lowest BCUT2D eigenvalue weighted by molar-refractivity contribution is 0.0320. The number of rotatable bonds is 10. The summed E-state index contributed by atoms with van der Waals surface area (Å²) in [5.41, 5.74) is 0. The standard InChI is InChI=1S/C17H34N4O2.HI/c1-15(13-21-7-10-22-11-8-21)12-20-17(18-2)19-6-3-9-23-14-16-4-5-16;/h15-16H,3-14H2,1-2H3,(H2,18,19,20);1H. The molecule has 2 N–H and O–H groups in total. The number of hydrogen-bond donors (Lipinski definition) is 2. The van der Waals surface area contributed by atoms with E-state index in [9.17, 15) is 0 Å². The first-order chi connectivity index (χ1) is 11.3. The Morgan fingerprint density at radius 1 is 1.29 bits per heavy atom. The Kier molecular flexibility index (Phi) is 12.0. The smallest absolute Gasteiger partial charge is 0.190 e. The summed E-state index contributed by atoms with van der Waals surface area (Å²) in [5, 5.41) is 6.78. The summed E-state index contributed by atoms with van der Waals surface area (Å²) >= 11 is 0. The van der Waals surface area contributed by atoms with Gasteiger partial charge in [0.1, 0.15) is 0 Å². The zero-order valence-electron chi connectivity index (χ0n) is 15.3. The molecule has 2 aliphatic rings. The van der Waals surface area contributed by atoms with Crippen molar-refractivity contribution in [3.05, 3.63) is 0 Å². The fourth-order valence-corrected chi connectivity index (χ4v) is 2.70. The van der Waals surface area contributed by atoms with E-state index in [1.807, 2.05) is 7.05 Å². The summed E-state index contributed by atoms with van der Waals surface area (Å²) in [6, 6.07) is 0. The quantitative estimate of drug-likeness (QED) is 0.227. The van der Waals surface area contributed by atoms with Gasteiger partial charge in [0, 0.05) is 53.0 Å². The lowest BCUT2D eigenvalue weighted by Gasteiger charge is -2.29. The minimum atomic E-state index is 0. The van der Waals surface area contributed by atoms with Gasteiger partial charge in [0.15, 0.2) is 5.96 Å². The highest BCUT2D eigenvalue weighted by atomic mass is 127. The van der Waals surface area contributed by atoms with Crippen LogP contribution >= 0.6 is 24.0 Å². The molecule has 24 heavy (non-hydrogen) atoms. The van der Waals surface area contributed by atoms with E-state index in [1.54, 1.807) is 0 Å². The lowest BCUT2D eigenvalue weighted by Crippen LogP contribution is -2.44. The molecule has 0 amide bonds. The summed E-state index contributed by atoms with van der Waals surface area (Å²) < 4.78 is 11.0. The molecule has 2 rings (SSSR count). The van der Waals surface area contributed by atoms with Crippen molar-refractivity contribution >= 4 is 29.9 Å². The van der Waals surface area contributed by atoms with Gasteiger partial charge in [-0.05, 0) is 31.1 Å². The van der Waals surface area contributed by atoms with Crippen LogP contribution < -0.4 is 10.6 Å². The first kappa shape index (κ1) is 21.9. The Balaban J connectivity index is 0.00000288. The van der Waals surface area contributed by atoms with E-state index in [2.05, 4.69) is 27.4 Å². The van der Waals surface area contributed by atoms with E-state index >= 15 is 0 Å². The normalized spacial score (nSPS) is 20.3. The molecule has 1 aliphatic carbocycles. The van der Waals surface area contributed by atoms with Gasteiger partial charge in [0.25, 0.3) is 0 Å². The molecule has 0 bridgehead atoms. The minimum absolute atomic E-state index is 0. The molecule has 1 aliphatic heterocycles. The number of halogens is 1. The summed E-state index contributed by atoms with van der Waals surface area (Å²) in [4.78, 5) is 6.76. The third-order valence-corrected chi connectivity index (χ3v) is 4.32. The van der Waals surface area contributed by atoms with E-state index < -0.39 is 0 Å². The van der Waals surface area contributed by atoms with Crippen LogP contribution in [0, 0.1) is 11.8 Å². The van der Waals surface area contributed by atoms with E-state index in [0.29, 0.717) is 5.92 Å². The molecule has 1 unspecified atom stereocenters. The summed E-state index contributed by atoms with van der Waals surface area (Å²) in [6.45, 7) is 10.9. The third kappa shape index (κ3) is 10.0. The van der Waals surface area contributed by atoms with Gasteiger partial charge in [-0.1, -0.05) is 6.92 Å². The highest BCUT2D eigenvalue weighted by Crippen LogP contribution is 2.28. The molecule has 0 aromatic heterocycles. The Hall–Kier alpha value is -0.120. The average molecular weight is 454 g/mol. The third-order valence-electron chi connectivity index (χ3n) is 4.32. The van der Waals surface area contributed by atoms with Crippen molar-refractivity contribution in [3.63, 3.8) is 0 Å². The second-order valence-corrected chi connectivity index (χ2v) is 6.77. The Morgan fingerprint density at radius 3 is 2.71 bits per heavy atom. The Bertz CT molecular complexity index is 347. The molecule has 1 atom stereocenters. The molecule has 0 aromatic carbocycles. The van der Waals surface area contributed by atoms with Crippen LogP contribution in [-0.4, -0.2) is 77.1 Å². The number of nitrogens with one attached hydrogen (secondary N) is 2. The predicted molar refractivity (Wildman–Crippen MR) is 109 cm³/mol. The molecular weight excluding hydrogens is 419 g/mol. The van der Waals surface area contributed by atoms with Crippen LogP contribution in [0.1, 0.15) is 26.2 Å². The van der Waals surface area contributed by atoms with Crippen LogP contribution in [0.2, 0.25) is 0 Å². The summed E-state index contributed by atoms with van der Waals surface area (Å²) in [7, 11) is 1.82. The van der Waals surface area contributed by atoms with Gasteiger partial charge < -0.3 is 20.1 Å². The highest BCUT2D eigenvalue weighted by Gasteiger charge is 2.20. The van der Waals surface area contributed by atoms with Crippen molar-refractivity contribution in [2.24, 2.45) is 16.8 Å². The number of hydrogen-bond acceptors (Lipinski definition) is 4. The number of nitrogens with zero attached hydrogens (tertiary/aromatic N) is 2. The Morgan fingerprint density at radius 2 is 2.04 bits per heavy atom. The van der Waals surface area contributed by atoms with Crippen molar-refractivity contribution in [1.29, 1.82) is 0 Å². The van der Waals surface area contributed by atoms with E-state index in [4.69, 9.17) is 9.47 Å². The van der Waals surface area contributed by atoms with Crippen LogP contribution in [0.3, 0.4) is 0 Å². The largest absolute Gasteiger partial charge is 0.381 e. The van der Waals surface area contributed by atoms with Crippen molar-refractivity contribution < 1.29 is 9.47 Å². The van der Waals surface area contributed by atoms with Crippen LogP contribution in [0.25, 0.3) is 0 Å². The first-order valence-electron chi connectivity index (χ1n) is 9.10. The number of morpholine rings is 1. The number of guanidine groups is 1. The predicted octanol–water partition coefficient (Wildman–Crippen LogP) is 1.55. The highest BCUT2D eigenvalue weighted by molar-refractivity contribution is 14.0. The van der Waals surface area contributed by atoms with Crippen LogP contribution in [0.5, 0.6) is 0 Å². The molecule has 6 nitrogen and oxygen atoms in total. The van der Waals surface area contributed by atoms with Gasteiger partial charge in [-0.15, -0.1) is 24.0 Å². The molecule has 0 aromatic rings. The zero-order valence-corrected chi connectivity index (χ0v) is 17.6. The summed E-state index contributed by atoms with van der Waals surface area (Å²) in [5.74, 6) is 2.33. The van der Waals surface area contributed by atoms with Crippen molar-refractivity contribution in [3.8, 4) is 0 Å². The molecule has 1 heterocycles. The van der Waals surface area contributed by atoms with Crippen molar-refractivity contribution in [2.45, 2.75) is 26.2 Å². The molecule has 7 heteroatoms. The Labute approximate surface area is 164 Å². The molecule has 1 saturated heterocycles. The topological polar surface area (TPSA) is 58.1 Å². The monoisotopic (exact) mass is 454 g/mol. The van der Waals surface area contributed by atoms with Gasteiger partial charge in [-0.3, -0.25) is 9.89 Å². The molecule has 142 valence electrons. The zero-order chi connectivity index (χ0) is 16.3. The minimum Gasteiger partial charge on any atom is -0.381 e. The first-order valence-corrected chi connectivity index (χ1v) is 9.10. The van der Waals surface area contributed by atoms with Gasteiger partial charge in [-0.25, -0.2) is 0 Å². The van der Waals surface area contributed by atoms with Crippen LogP contribution in [0.15, 0.2) is 4.99 Å². The molecular formula is C17H35IN4O2. The molecule has 2 fully saturated rings. The fourth-order valence-electron chi connectivity index (χ4n) is 2.70. The van der Waals surface area contributed by atoms with Gasteiger partial charge in [0.2, 0.25) is 0 Å². The van der Waals surface area contributed by atoms with Crippen molar-refractivity contribution in [2.75, 3.05) is 66.2 Å². The molecule has 1 saturated carbocycles. The van der Waals surface area contributed by atoms with Gasteiger partial charge in [-0.2, -0.15) is 0 Å². The van der Waals surface area contributed by atoms with Crippen molar-refractivity contribution in [1.82, 2.24) is 15.5 Å². The van der Waals surface area contributed by atoms with Crippen LogP contribution in [0.4, 0.5) is 0 Å². The van der Waals surface area contributed by atoms with E-state index in [1.165, 1.54) is 12.8 Å². The van der Waals surface area contributed by atoms with Crippen LogP contribution in [-0.2, 0) is 9.47 Å². The fraction of sp³-hybridized carbons (Fsp3) is 0.941.